The van der Waals surface area contributed by atoms with Crippen LogP contribution >= 0.6 is 23.8 Å². The van der Waals surface area contributed by atoms with Gasteiger partial charge >= 0.3 is 0 Å². The first-order valence-electron chi connectivity index (χ1n) is 7.73. The van der Waals surface area contributed by atoms with E-state index in [1.54, 1.807) is 0 Å². The highest BCUT2D eigenvalue weighted by atomic mass is 35.5. The predicted octanol–water partition coefficient (Wildman–Crippen LogP) is 3.04. The van der Waals surface area contributed by atoms with Gasteiger partial charge in [-0.25, -0.2) is 0 Å². The van der Waals surface area contributed by atoms with Crippen molar-refractivity contribution in [3.05, 3.63) is 28.8 Å². The summed E-state index contributed by atoms with van der Waals surface area (Å²) in [5, 5.41) is 0.686. The number of benzene rings is 1. The topological polar surface area (TPSA) is 32.5 Å². The summed E-state index contributed by atoms with van der Waals surface area (Å²) in [6, 6.07) is 6.65. The minimum Gasteiger partial charge on any atom is -0.389 e. The van der Waals surface area contributed by atoms with E-state index in [0.717, 1.165) is 43.5 Å². The zero-order chi connectivity index (χ0) is 14.8. The number of hydrogen-bond acceptors (Lipinski definition) is 3. The first kappa shape index (κ1) is 15.1. The van der Waals surface area contributed by atoms with Crippen LogP contribution in [0.3, 0.4) is 0 Å². The molecule has 5 heteroatoms. The molecule has 21 heavy (non-hydrogen) atoms. The summed E-state index contributed by atoms with van der Waals surface area (Å²) in [5.41, 5.74) is 7.87. The third-order valence-electron chi connectivity index (χ3n) is 4.72. The van der Waals surface area contributed by atoms with Gasteiger partial charge in [-0.1, -0.05) is 36.7 Å². The second kappa shape index (κ2) is 6.51. The summed E-state index contributed by atoms with van der Waals surface area (Å²) >= 11 is 11.2. The molecule has 2 aliphatic rings. The maximum atomic E-state index is 6.07. The Morgan fingerprint density at radius 2 is 1.81 bits per heavy atom. The zero-order valence-corrected chi connectivity index (χ0v) is 13.8. The van der Waals surface area contributed by atoms with E-state index in [4.69, 9.17) is 29.6 Å². The standard InChI is InChI=1S/C16H22ClN3S/c17-12-5-6-15(14(11-12)16(18)21)20-9-7-19(8-10-20)13-3-1-2-4-13/h5-6,11,13H,1-4,7-10H2,(H2,18,21). The highest BCUT2D eigenvalue weighted by Gasteiger charge is 2.27. The van der Waals surface area contributed by atoms with Crippen LogP contribution in [0.2, 0.25) is 5.02 Å². The Bertz CT molecular complexity index is 520. The predicted molar refractivity (Wildman–Crippen MR) is 93.4 cm³/mol. The van der Waals surface area contributed by atoms with E-state index in [0.29, 0.717) is 10.0 Å². The Morgan fingerprint density at radius 1 is 1.14 bits per heavy atom. The number of halogens is 1. The van der Waals surface area contributed by atoms with Crippen molar-refractivity contribution in [1.29, 1.82) is 0 Å². The molecule has 1 aliphatic heterocycles. The van der Waals surface area contributed by atoms with E-state index < -0.39 is 0 Å². The van der Waals surface area contributed by atoms with E-state index in [1.165, 1.54) is 25.7 Å². The smallest absolute Gasteiger partial charge is 0.106 e. The minimum atomic E-state index is 0.422. The monoisotopic (exact) mass is 323 g/mol. The van der Waals surface area contributed by atoms with E-state index in [1.807, 2.05) is 18.2 Å². The number of rotatable bonds is 3. The van der Waals surface area contributed by atoms with Gasteiger partial charge in [-0.15, -0.1) is 0 Å². The summed E-state index contributed by atoms with van der Waals surface area (Å²) in [6.45, 7) is 4.33. The quantitative estimate of drug-likeness (QED) is 0.867. The maximum absolute atomic E-state index is 6.07. The lowest BCUT2D eigenvalue weighted by atomic mass is 10.1. The third kappa shape index (κ3) is 3.33. The van der Waals surface area contributed by atoms with Crippen LogP contribution in [-0.4, -0.2) is 42.1 Å². The molecule has 0 bridgehead atoms. The Labute approximate surface area is 137 Å². The van der Waals surface area contributed by atoms with Crippen molar-refractivity contribution in [2.45, 2.75) is 31.7 Å². The van der Waals surface area contributed by atoms with Crippen molar-refractivity contribution in [2.24, 2.45) is 5.73 Å². The van der Waals surface area contributed by atoms with Gasteiger partial charge in [0.1, 0.15) is 4.99 Å². The average molecular weight is 324 g/mol. The fourth-order valence-electron chi connectivity index (χ4n) is 3.58. The zero-order valence-electron chi connectivity index (χ0n) is 12.2. The average Bonchev–Trinajstić information content (AvgIpc) is 3.01. The lowest BCUT2D eigenvalue weighted by Gasteiger charge is -2.39. The molecule has 1 heterocycles. The second-order valence-electron chi connectivity index (χ2n) is 5.99. The molecule has 1 saturated heterocycles. The van der Waals surface area contributed by atoms with Gasteiger partial charge in [-0.2, -0.15) is 0 Å². The highest BCUT2D eigenvalue weighted by Crippen LogP contribution is 2.28. The number of thiocarbonyl (C=S) groups is 1. The van der Waals surface area contributed by atoms with Gasteiger partial charge in [-0.05, 0) is 31.0 Å². The maximum Gasteiger partial charge on any atom is 0.106 e. The van der Waals surface area contributed by atoms with Gasteiger partial charge in [0, 0.05) is 48.5 Å². The molecule has 1 aliphatic carbocycles. The van der Waals surface area contributed by atoms with Crippen LogP contribution in [0.15, 0.2) is 18.2 Å². The fraction of sp³-hybridized carbons (Fsp3) is 0.562. The third-order valence-corrected chi connectivity index (χ3v) is 5.18. The lowest BCUT2D eigenvalue weighted by molar-refractivity contribution is 0.187. The van der Waals surface area contributed by atoms with Gasteiger partial charge in [-0.3, -0.25) is 4.90 Å². The van der Waals surface area contributed by atoms with E-state index in [2.05, 4.69) is 9.80 Å². The number of nitrogens with two attached hydrogens (primary N) is 1. The Morgan fingerprint density at radius 3 is 2.43 bits per heavy atom. The molecule has 0 radical (unpaired) electrons. The highest BCUT2D eigenvalue weighted by molar-refractivity contribution is 7.80. The minimum absolute atomic E-state index is 0.422. The molecule has 0 spiro atoms. The molecule has 3 nitrogen and oxygen atoms in total. The van der Waals surface area contributed by atoms with Gasteiger partial charge in [0.25, 0.3) is 0 Å². The van der Waals surface area contributed by atoms with Crippen molar-refractivity contribution in [3.8, 4) is 0 Å². The molecule has 0 amide bonds. The van der Waals surface area contributed by atoms with Crippen molar-refractivity contribution in [1.82, 2.24) is 4.90 Å². The Balaban J connectivity index is 1.70. The van der Waals surface area contributed by atoms with Gasteiger partial charge in [0.15, 0.2) is 0 Å². The normalized spacial score (nSPS) is 20.9. The lowest BCUT2D eigenvalue weighted by Crippen LogP contribution is -2.50. The molecular weight excluding hydrogens is 302 g/mol. The molecule has 0 atom stereocenters. The van der Waals surface area contributed by atoms with Crippen LogP contribution in [0.4, 0.5) is 5.69 Å². The van der Waals surface area contributed by atoms with Crippen molar-refractivity contribution >= 4 is 34.5 Å². The summed E-state index contributed by atoms with van der Waals surface area (Å²) in [6.07, 6.45) is 5.54. The molecule has 3 rings (SSSR count). The van der Waals surface area contributed by atoms with Gasteiger partial charge in [0.05, 0.1) is 0 Å². The molecule has 1 aromatic carbocycles. The van der Waals surface area contributed by atoms with Crippen molar-refractivity contribution < 1.29 is 0 Å². The molecule has 2 N–H and O–H groups in total. The molecule has 1 saturated carbocycles. The molecular formula is C16H22ClN3S. The summed E-state index contributed by atoms with van der Waals surface area (Å²) in [4.78, 5) is 5.46. The SMILES string of the molecule is NC(=S)c1cc(Cl)ccc1N1CCN(C2CCCC2)CC1. The van der Waals surface area contributed by atoms with Crippen LogP contribution in [0.25, 0.3) is 0 Å². The van der Waals surface area contributed by atoms with Crippen LogP contribution in [0.5, 0.6) is 0 Å². The Kier molecular flexibility index (Phi) is 4.67. The Hall–Kier alpha value is -0.840. The summed E-state index contributed by atoms with van der Waals surface area (Å²) < 4.78 is 0. The van der Waals surface area contributed by atoms with Crippen molar-refractivity contribution in [2.75, 3.05) is 31.1 Å². The van der Waals surface area contributed by atoms with E-state index in [9.17, 15) is 0 Å². The molecule has 2 fully saturated rings. The second-order valence-corrected chi connectivity index (χ2v) is 6.86. The van der Waals surface area contributed by atoms with Crippen molar-refractivity contribution in [3.63, 3.8) is 0 Å². The number of hydrogen-bond donors (Lipinski definition) is 1. The number of piperazine rings is 1. The number of nitrogens with zero attached hydrogens (tertiary/aromatic N) is 2. The van der Waals surface area contributed by atoms with Crippen LogP contribution in [0.1, 0.15) is 31.2 Å². The van der Waals surface area contributed by atoms with E-state index >= 15 is 0 Å². The molecule has 0 aromatic heterocycles. The molecule has 1 aromatic rings. The largest absolute Gasteiger partial charge is 0.389 e. The van der Waals surface area contributed by atoms with E-state index in [-0.39, 0.29) is 0 Å². The molecule has 0 unspecified atom stereocenters. The van der Waals surface area contributed by atoms with Gasteiger partial charge < -0.3 is 10.6 Å². The summed E-state index contributed by atoms with van der Waals surface area (Å²) in [7, 11) is 0. The summed E-state index contributed by atoms with van der Waals surface area (Å²) in [5.74, 6) is 0. The van der Waals surface area contributed by atoms with Gasteiger partial charge in [0.2, 0.25) is 0 Å². The fourth-order valence-corrected chi connectivity index (χ4v) is 3.91. The first-order valence-corrected chi connectivity index (χ1v) is 8.52. The molecule has 114 valence electrons. The first-order chi connectivity index (χ1) is 10.1. The van der Waals surface area contributed by atoms with Crippen LogP contribution < -0.4 is 10.6 Å². The van der Waals surface area contributed by atoms with Crippen LogP contribution in [0, 0.1) is 0 Å². The van der Waals surface area contributed by atoms with Crippen LogP contribution in [-0.2, 0) is 0 Å². The number of anilines is 1.